The quantitative estimate of drug-likeness (QED) is 0.831. The zero-order chi connectivity index (χ0) is 14.0. The van der Waals surface area contributed by atoms with Gasteiger partial charge in [-0.1, -0.05) is 44.5 Å². The molecule has 19 heavy (non-hydrogen) atoms. The zero-order valence-corrected chi connectivity index (χ0v) is 12.9. The van der Waals surface area contributed by atoms with Crippen molar-refractivity contribution in [2.45, 2.75) is 53.2 Å². The summed E-state index contributed by atoms with van der Waals surface area (Å²) in [7, 11) is 0. The maximum atomic E-state index is 6.09. The van der Waals surface area contributed by atoms with Crippen LogP contribution in [0.3, 0.4) is 0 Å². The van der Waals surface area contributed by atoms with Crippen LogP contribution in [0, 0.1) is 19.3 Å². The number of rotatable bonds is 1. The lowest BCUT2D eigenvalue weighted by Crippen LogP contribution is -2.40. The summed E-state index contributed by atoms with van der Waals surface area (Å²) >= 11 is 0. The average molecular weight is 261 g/mol. The summed E-state index contributed by atoms with van der Waals surface area (Å²) in [5.41, 5.74) is 4.26. The molecule has 1 aliphatic rings. The SMILES string of the molecule is Cc1ccc(C)c(C2CNC(C(C)(C)C)CCO2)c1. The summed E-state index contributed by atoms with van der Waals surface area (Å²) < 4.78 is 6.09. The molecule has 1 aromatic rings. The highest BCUT2D eigenvalue weighted by Gasteiger charge is 2.28. The molecule has 1 saturated heterocycles. The Kier molecular flexibility index (Phi) is 4.32. The molecule has 1 aromatic carbocycles. The maximum Gasteiger partial charge on any atom is 0.0951 e. The van der Waals surface area contributed by atoms with Gasteiger partial charge in [0, 0.05) is 19.2 Å². The van der Waals surface area contributed by atoms with E-state index in [9.17, 15) is 0 Å². The lowest BCUT2D eigenvalue weighted by Gasteiger charge is -2.30. The van der Waals surface area contributed by atoms with Gasteiger partial charge in [0.05, 0.1) is 6.10 Å². The smallest absolute Gasteiger partial charge is 0.0951 e. The van der Waals surface area contributed by atoms with Crippen LogP contribution in [-0.2, 0) is 4.74 Å². The third-order valence-electron chi connectivity index (χ3n) is 4.10. The number of nitrogens with one attached hydrogen (secondary N) is 1. The van der Waals surface area contributed by atoms with Crippen LogP contribution in [0.4, 0.5) is 0 Å². The molecule has 0 bridgehead atoms. The van der Waals surface area contributed by atoms with Gasteiger partial charge in [-0.3, -0.25) is 0 Å². The van der Waals surface area contributed by atoms with E-state index in [0.29, 0.717) is 11.5 Å². The van der Waals surface area contributed by atoms with Crippen molar-refractivity contribution in [3.8, 4) is 0 Å². The Morgan fingerprint density at radius 1 is 1.21 bits per heavy atom. The van der Waals surface area contributed by atoms with E-state index in [0.717, 1.165) is 19.6 Å². The van der Waals surface area contributed by atoms with Crippen LogP contribution in [0.1, 0.15) is 50.0 Å². The number of ether oxygens (including phenoxy) is 1. The van der Waals surface area contributed by atoms with Gasteiger partial charge in [-0.05, 0) is 36.8 Å². The summed E-state index contributed by atoms with van der Waals surface area (Å²) in [6, 6.07) is 7.16. The summed E-state index contributed by atoms with van der Waals surface area (Å²) in [6.07, 6.45) is 1.28. The Labute approximate surface area is 117 Å². The topological polar surface area (TPSA) is 21.3 Å². The summed E-state index contributed by atoms with van der Waals surface area (Å²) in [5.74, 6) is 0. The predicted molar refractivity (Wildman–Crippen MR) is 80.5 cm³/mol. The Morgan fingerprint density at radius 2 is 1.95 bits per heavy atom. The predicted octanol–water partition coefficient (Wildman–Crippen LogP) is 3.77. The van der Waals surface area contributed by atoms with Crippen molar-refractivity contribution in [2.75, 3.05) is 13.2 Å². The molecule has 2 atom stereocenters. The van der Waals surface area contributed by atoms with Gasteiger partial charge < -0.3 is 10.1 Å². The second-order valence-corrected chi connectivity index (χ2v) is 6.84. The molecule has 1 aliphatic heterocycles. The third-order valence-corrected chi connectivity index (χ3v) is 4.10. The average Bonchev–Trinajstić information content (AvgIpc) is 2.57. The van der Waals surface area contributed by atoms with Gasteiger partial charge in [0.2, 0.25) is 0 Å². The van der Waals surface area contributed by atoms with E-state index < -0.39 is 0 Å². The van der Waals surface area contributed by atoms with E-state index in [2.05, 4.69) is 58.1 Å². The van der Waals surface area contributed by atoms with E-state index >= 15 is 0 Å². The second-order valence-electron chi connectivity index (χ2n) is 6.84. The first kappa shape index (κ1) is 14.5. The van der Waals surface area contributed by atoms with Crippen molar-refractivity contribution in [3.05, 3.63) is 34.9 Å². The number of aryl methyl sites for hydroxylation is 2. The van der Waals surface area contributed by atoms with Crippen LogP contribution < -0.4 is 5.32 Å². The van der Waals surface area contributed by atoms with E-state index in [1.54, 1.807) is 0 Å². The molecule has 1 heterocycles. The first-order valence-corrected chi connectivity index (χ1v) is 7.30. The standard InChI is InChI=1S/C17H27NO/c1-12-6-7-13(2)14(10-12)15-11-18-16(8-9-19-15)17(3,4)5/h6-7,10,15-16,18H,8-9,11H2,1-5H3. The molecule has 0 aliphatic carbocycles. The molecule has 0 spiro atoms. The van der Waals surface area contributed by atoms with Crippen molar-refractivity contribution in [1.29, 1.82) is 0 Å². The van der Waals surface area contributed by atoms with Crippen molar-refractivity contribution in [1.82, 2.24) is 5.32 Å². The summed E-state index contributed by atoms with van der Waals surface area (Å²) in [6.45, 7) is 12.9. The highest BCUT2D eigenvalue weighted by atomic mass is 16.5. The van der Waals surface area contributed by atoms with Crippen molar-refractivity contribution in [2.24, 2.45) is 5.41 Å². The first-order chi connectivity index (χ1) is 8.88. The third kappa shape index (κ3) is 3.58. The molecule has 2 unspecified atom stereocenters. The van der Waals surface area contributed by atoms with Crippen molar-refractivity contribution < 1.29 is 4.74 Å². The van der Waals surface area contributed by atoms with Gasteiger partial charge in [-0.25, -0.2) is 0 Å². The molecule has 1 N–H and O–H groups in total. The zero-order valence-electron chi connectivity index (χ0n) is 12.9. The molecule has 0 saturated carbocycles. The van der Waals surface area contributed by atoms with Gasteiger partial charge in [0.1, 0.15) is 0 Å². The fourth-order valence-electron chi connectivity index (χ4n) is 2.78. The van der Waals surface area contributed by atoms with Crippen molar-refractivity contribution >= 4 is 0 Å². The Bertz CT molecular complexity index is 433. The minimum absolute atomic E-state index is 0.187. The maximum absolute atomic E-state index is 6.09. The highest BCUT2D eigenvalue weighted by Crippen LogP contribution is 2.28. The lowest BCUT2D eigenvalue weighted by atomic mass is 9.85. The number of benzene rings is 1. The van der Waals surface area contributed by atoms with Gasteiger partial charge in [0.15, 0.2) is 0 Å². The van der Waals surface area contributed by atoms with E-state index in [1.807, 2.05) is 0 Å². The molecule has 0 aromatic heterocycles. The van der Waals surface area contributed by atoms with Crippen LogP contribution in [0.2, 0.25) is 0 Å². The molecule has 2 rings (SSSR count). The molecule has 106 valence electrons. The Morgan fingerprint density at radius 3 is 2.63 bits per heavy atom. The van der Waals surface area contributed by atoms with Crippen molar-refractivity contribution in [3.63, 3.8) is 0 Å². The largest absolute Gasteiger partial charge is 0.372 e. The summed E-state index contributed by atoms with van der Waals surface area (Å²) in [5, 5.41) is 3.69. The van der Waals surface area contributed by atoms with Gasteiger partial charge in [-0.2, -0.15) is 0 Å². The normalized spacial score (nSPS) is 25.1. The first-order valence-electron chi connectivity index (χ1n) is 7.30. The van der Waals surface area contributed by atoms with Crippen LogP contribution >= 0.6 is 0 Å². The Balaban J connectivity index is 2.13. The van der Waals surface area contributed by atoms with Gasteiger partial charge >= 0.3 is 0 Å². The monoisotopic (exact) mass is 261 g/mol. The molecule has 2 nitrogen and oxygen atoms in total. The lowest BCUT2D eigenvalue weighted by molar-refractivity contribution is 0.0649. The molecular formula is C17H27NO. The second kappa shape index (κ2) is 5.64. The Hall–Kier alpha value is -0.860. The van der Waals surface area contributed by atoms with E-state index in [-0.39, 0.29) is 6.10 Å². The van der Waals surface area contributed by atoms with Crippen LogP contribution in [0.25, 0.3) is 0 Å². The molecule has 1 fully saturated rings. The van der Waals surface area contributed by atoms with Gasteiger partial charge in [-0.15, -0.1) is 0 Å². The highest BCUT2D eigenvalue weighted by molar-refractivity contribution is 5.32. The minimum Gasteiger partial charge on any atom is -0.372 e. The van der Waals surface area contributed by atoms with Gasteiger partial charge in [0.25, 0.3) is 0 Å². The summed E-state index contributed by atoms with van der Waals surface area (Å²) in [4.78, 5) is 0. The van der Waals surface area contributed by atoms with Crippen LogP contribution in [0.15, 0.2) is 18.2 Å². The van der Waals surface area contributed by atoms with Crippen LogP contribution in [-0.4, -0.2) is 19.2 Å². The fraction of sp³-hybridized carbons (Fsp3) is 0.647. The minimum atomic E-state index is 0.187. The molecule has 2 heteroatoms. The number of hydrogen-bond donors (Lipinski definition) is 1. The molecule has 0 amide bonds. The number of hydrogen-bond acceptors (Lipinski definition) is 2. The molecule has 0 radical (unpaired) electrons. The van der Waals surface area contributed by atoms with E-state index in [1.165, 1.54) is 16.7 Å². The fourth-order valence-corrected chi connectivity index (χ4v) is 2.78. The van der Waals surface area contributed by atoms with Crippen LogP contribution in [0.5, 0.6) is 0 Å². The molecular weight excluding hydrogens is 234 g/mol. The van der Waals surface area contributed by atoms with E-state index in [4.69, 9.17) is 4.74 Å².